The van der Waals surface area contributed by atoms with Gasteiger partial charge in [-0.3, -0.25) is 19.4 Å². The predicted octanol–water partition coefficient (Wildman–Crippen LogP) is 12.1. The highest BCUT2D eigenvalue weighted by atomic mass is 32.1. The van der Waals surface area contributed by atoms with Gasteiger partial charge in [0, 0.05) is 37.8 Å². The van der Waals surface area contributed by atoms with E-state index in [1.807, 2.05) is 18.2 Å². The molecule has 3 N–H and O–H groups in total. The molecule has 2 aromatic heterocycles. The number of hydrogen-bond donors (Lipinski definition) is 3. The Morgan fingerprint density at radius 3 is 2.54 bits per heavy atom. The lowest BCUT2D eigenvalue weighted by Crippen LogP contribution is -2.52. The van der Waals surface area contributed by atoms with Crippen molar-refractivity contribution in [2.24, 2.45) is 46.3 Å². The molecule has 63 heavy (non-hydrogen) atoms. The zero-order chi connectivity index (χ0) is 43.6. The Morgan fingerprint density at radius 1 is 0.921 bits per heavy atom. The lowest BCUT2D eigenvalue weighted by atomic mass is 9.47. The second-order valence-electron chi connectivity index (χ2n) is 20.6. The number of thiazole rings is 1. The van der Waals surface area contributed by atoms with Gasteiger partial charge in [0.05, 0.1) is 22.7 Å². The molecular weight excluding hydrogens is 807 g/mol. The number of nitrogens with zero attached hydrogens (tertiary/aromatic N) is 2. The molecule has 4 saturated carbocycles. The van der Waals surface area contributed by atoms with Crippen LogP contribution >= 0.6 is 11.3 Å². The fourth-order valence-electron chi connectivity index (χ4n) is 13.0. The number of hydrogen-bond acceptors (Lipinski definition) is 9. The molecule has 4 fully saturated rings. The third-order valence-electron chi connectivity index (χ3n) is 16.3. The Balaban J connectivity index is 0.00000595. The zero-order valence-electron chi connectivity index (χ0n) is 38.1. The van der Waals surface area contributed by atoms with Crippen LogP contribution in [-0.2, 0) is 14.3 Å². The second kappa shape index (κ2) is 20.0. The third kappa shape index (κ3) is 10.3. The SMILES string of the molecule is C.CNC(=O)c1cc(Oc2ccc3nc(N[C@H]4CCCC[C@@H]4OC(=O)CCC(=O)N[C@H]4CC[C@@]5(C)C(=CCC6C5CC[C@@]5(C)C6CC[C@@H]5[C@H](C)CCCC(C)C)C4)sc3c2)ccn1. The molecule has 0 radical (unpaired) electrons. The number of fused-ring (bicyclic) bond motifs is 6. The summed E-state index contributed by atoms with van der Waals surface area (Å²) in [6, 6.07) is 9.09. The lowest BCUT2D eigenvalue weighted by Gasteiger charge is -2.58. The highest BCUT2D eigenvalue weighted by Gasteiger charge is 2.59. The van der Waals surface area contributed by atoms with Gasteiger partial charge in [0.2, 0.25) is 5.91 Å². The molecule has 8 rings (SSSR count). The molecule has 5 aliphatic rings. The monoisotopic (exact) mass is 882 g/mol. The van der Waals surface area contributed by atoms with E-state index < -0.39 is 0 Å². The lowest BCUT2D eigenvalue weighted by molar-refractivity contribution is -0.152. The minimum Gasteiger partial charge on any atom is -0.460 e. The van der Waals surface area contributed by atoms with Crippen molar-refractivity contribution in [1.29, 1.82) is 0 Å². The molecule has 3 unspecified atom stereocenters. The Kier molecular flexibility index (Phi) is 14.9. The minimum atomic E-state index is -0.318. The number of carbonyl (C=O) groups is 3. The predicted molar refractivity (Wildman–Crippen MR) is 254 cm³/mol. The van der Waals surface area contributed by atoms with Gasteiger partial charge in [-0.1, -0.05) is 90.7 Å². The van der Waals surface area contributed by atoms with Crippen LogP contribution in [0.15, 0.2) is 48.2 Å². The van der Waals surface area contributed by atoms with Gasteiger partial charge in [-0.2, -0.15) is 0 Å². The first-order chi connectivity index (χ1) is 29.8. The fourth-order valence-corrected chi connectivity index (χ4v) is 14.0. The fraction of sp³-hybridized carbons (Fsp3) is 0.673. The second-order valence-corrected chi connectivity index (χ2v) is 21.6. The molecular formula is C52H75N5O5S. The quantitative estimate of drug-likeness (QED) is 0.102. The number of anilines is 1. The van der Waals surface area contributed by atoms with Crippen molar-refractivity contribution < 1.29 is 23.9 Å². The minimum absolute atomic E-state index is 0. The number of carbonyl (C=O) groups excluding carboxylic acids is 3. The van der Waals surface area contributed by atoms with E-state index in [9.17, 15) is 14.4 Å². The molecule has 10 atom stereocenters. The molecule has 0 spiro atoms. The van der Waals surface area contributed by atoms with Gasteiger partial charge in [0.25, 0.3) is 5.91 Å². The average Bonchev–Trinajstić information content (AvgIpc) is 3.83. The summed E-state index contributed by atoms with van der Waals surface area (Å²) in [6.07, 6.45) is 21.7. The third-order valence-corrected chi connectivity index (χ3v) is 17.3. The highest BCUT2D eigenvalue weighted by Crippen LogP contribution is 2.67. The van der Waals surface area contributed by atoms with E-state index in [0.717, 1.165) is 95.8 Å². The average molecular weight is 882 g/mol. The van der Waals surface area contributed by atoms with Crippen LogP contribution in [0.5, 0.6) is 11.5 Å². The molecule has 2 heterocycles. The Labute approximate surface area is 380 Å². The van der Waals surface area contributed by atoms with Gasteiger partial charge in [-0.15, -0.1) is 0 Å². The van der Waals surface area contributed by atoms with Crippen LogP contribution in [0.25, 0.3) is 10.2 Å². The molecule has 3 aromatic rings. The first-order valence-electron chi connectivity index (χ1n) is 24.0. The normalized spacial score (nSPS) is 30.5. The van der Waals surface area contributed by atoms with E-state index in [-0.39, 0.29) is 67.3 Å². The van der Waals surface area contributed by atoms with Crippen molar-refractivity contribution in [3.63, 3.8) is 0 Å². The number of rotatable bonds is 15. The number of nitrogens with one attached hydrogen (secondary N) is 3. The summed E-state index contributed by atoms with van der Waals surface area (Å²) in [4.78, 5) is 47.5. The van der Waals surface area contributed by atoms with Crippen molar-refractivity contribution in [3.05, 3.63) is 53.9 Å². The van der Waals surface area contributed by atoms with E-state index in [2.05, 4.69) is 61.6 Å². The first kappa shape index (κ1) is 47.0. The Morgan fingerprint density at radius 2 is 1.73 bits per heavy atom. The summed E-state index contributed by atoms with van der Waals surface area (Å²) >= 11 is 1.52. The summed E-state index contributed by atoms with van der Waals surface area (Å²) in [5.74, 6) is 5.40. The number of esters is 1. The van der Waals surface area contributed by atoms with Gasteiger partial charge in [0.15, 0.2) is 5.13 Å². The molecule has 1 aromatic carbocycles. The van der Waals surface area contributed by atoms with E-state index in [1.165, 1.54) is 62.7 Å². The number of pyridine rings is 1. The van der Waals surface area contributed by atoms with E-state index >= 15 is 0 Å². The first-order valence-corrected chi connectivity index (χ1v) is 24.9. The maximum Gasteiger partial charge on any atom is 0.306 e. The van der Waals surface area contributed by atoms with Crippen LogP contribution in [0, 0.1) is 46.3 Å². The van der Waals surface area contributed by atoms with Crippen molar-refractivity contribution in [1.82, 2.24) is 20.6 Å². The molecule has 2 amide bonds. The summed E-state index contributed by atoms with van der Waals surface area (Å²) in [5, 5.41) is 10.2. The van der Waals surface area contributed by atoms with Crippen molar-refractivity contribution >= 4 is 44.5 Å². The van der Waals surface area contributed by atoms with Crippen molar-refractivity contribution in [3.8, 4) is 11.5 Å². The van der Waals surface area contributed by atoms with Gasteiger partial charge in [-0.05, 0) is 135 Å². The number of ether oxygens (including phenoxy) is 2. The molecule has 0 bridgehead atoms. The number of amides is 2. The van der Waals surface area contributed by atoms with Crippen LogP contribution in [-0.4, -0.2) is 53.0 Å². The molecule has 5 aliphatic carbocycles. The van der Waals surface area contributed by atoms with Crippen LogP contribution in [0.4, 0.5) is 5.13 Å². The maximum atomic E-state index is 13.3. The maximum absolute atomic E-state index is 13.3. The van der Waals surface area contributed by atoms with Gasteiger partial charge < -0.3 is 25.4 Å². The Hall–Kier alpha value is -3.99. The number of aromatic nitrogens is 2. The molecule has 344 valence electrons. The van der Waals surface area contributed by atoms with Crippen LogP contribution in [0.1, 0.15) is 162 Å². The largest absolute Gasteiger partial charge is 0.460 e. The van der Waals surface area contributed by atoms with Gasteiger partial charge >= 0.3 is 5.97 Å². The number of benzene rings is 1. The topological polar surface area (TPSA) is 132 Å². The smallest absolute Gasteiger partial charge is 0.306 e. The number of allylic oxidation sites excluding steroid dienone is 1. The van der Waals surface area contributed by atoms with E-state index in [4.69, 9.17) is 14.5 Å². The molecule has 0 saturated heterocycles. The van der Waals surface area contributed by atoms with Crippen LogP contribution < -0.4 is 20.7 Å². The standard InChI is InChI=1S/C51H71N5O5S.CH4/c1-31(2)10-9-11-32(3)38-17-18-39-37-16-14-33-28-34(22-25-50(33,4)40(37)23-26-51(38,39)5)54-46(57)20-21-47(58)61-44-13-8-7-12-41(44)55-49-56-42-19-15-35(30-45(42)62-49)60-36-24-27-53-43(29-36)48(59)52-6;/h14-15,19,24,27,29-32,34,37-41,44H,7-13,16-18,20-23,25-26,28H2,1-6H3,(H,52,59)(H,54,57)(H,55,56);1H4/t32-,34+,37?,38-,39?,40?,41+,44+,50+,51-;/m1./s1. The van der Waals surface area contributed by atoms with Gasteiger partial charge in [-0.25, -0.2) is 4.98 Å². The highest BCUT2D eigenvalue weighted by molar-refractivity contribution is 7.22. The van der Waals surface area contributed by atoms with E-state index in [0.29, 0.717) is 16.9 Å². The molecule has 0 aliphatic heterocycles. The summed E-state index contributed by atoms with van der Waals surface area (Å²) in [6.45, 7) is 12.5. The van der Waals surface area contributed by atoms with Gasteiger partial charge in [0.1, 0.15) is 23.3 Å². The molecule has 11 heteroatoms. The Bertz CT molecular complexity index is 2120. The summed E-state index contributed by atoms with van der Waals surface area (Å²) in [7, 11) is 1.57. The van der Waals surface area contributed by atoms with E-state index in [1.54, 1.807) is 31.0 Å². The van der Waals surface area contributed by atoms with Crippen molar-refractivity contribution in [2.45, 2.75) is 169 Å². The van der Waals surface area contributed by atoms with Crippen molar-refractivity contribution in [2.75, 3.05) is 12.4 Å². The molecule has 10 nitrogen and oxygen atoms in total. The van der Waals surface area contributed by atoms with Crippen LogP contribution in [0.2, 0.25) is 0 Å². The zero-order valence-corrected chi connectivity index (χ0v) is 38.9. The van der Waals surface area contributed by atoms with Crippen LogP contribution in [0.3, 0.4) is 0 Å². The summed E-state index contributed by atoms with van der Waals surface area (Å²) < 4.78 is 13.1. The summed E-state index contributed by atoms with van der Waals surface area (Å²) in [5.41, 5.74) is 3.43.